The molecule has 1 aromatic heterocycles. The van der Waals surface area contributed by atoms with E-state index in [9.17, 15) is 23.1 Å². The van der Waals surface area contributed by atoms with Crippen molar-refractivity contribution in [3.63, 3.8) is 0 Å². The average Bonchev–Trinajstić information content (AvgIpc) is 2.99. The number of amides is 1. The maximum absolute atomic E-state index is 12.5. The summed E-state index contributed by atoms with van der Waals surface area (Å²) in [6.07, 6.45) is -4.41. The van der Waals surface area contributed by atoms with E-state index in [-0.39, 0.29) is 18.7 Å². The van der Waals surface area contributed by atoms with Gasteiger partial charge in [-0.05, 0) is 43.0 Å². The Morgan fingerprint density at radius 1 is 1.41 bits per heavy atom. The molecular formula is C15H20F3NO2S. The molecule has 124 valence electrons. The summed E-state index contributed by atoms with van der Waals surface area (Å²) in [7, 11) is 0. The molecule has 2 heterocycles. The molecule has 0 aliphatic carbocycles. The number of nitrogens with zero attached hydrogens (tertiary/aromatic N) is 1. The van der Waals surface area contributed by atoms with Crippen LogP contribution in [0.1, 0.15) is 30.6 Å². The Morgan fingerprint density at radius 2 is 2.09 bits per heavy atom. The molecule has 0 radical (unpaired) electrons. The van der Waals surface area contributed by atoms with Gasteiger partial charge in [-0.2, -0.15) is 13.2 Å². The fraction of sp³-hybridized carbons (Fsp3) is 0.667. The summed E-state index contributed by atoms with van der Waals surface area (Å²) in [4.78, 5) is 14.9. The van der Waals surface area contributed by atoms with Crippen molar-refractivity contribution in [3.05, 3.63) is 22.4 Å². The quantitative estimate of drug-likeness (QED) is 0.897. The predicted molar refractivity (Wildman–Crippen MR) is 78.6 cm³/mol. The maximum atomic E-state index is 12.5. The highest BCUT2D eigenvalue weighted by Gasteiger charge is 2.44. The molecule has 1 unspecified atom stereocenters. The van der Waals surface area contributed by atoms with E-state index in [1.807, 2.05) is 17.5 Å². The third kappa shape index (κ3) is 4.71. The molecule has 0 bridgehead atoms. The zero-order chi connectivity index (χ0) is 16.2. The van der Waals surface area contributed by atoms with Crippen LogP contribution >= 0.6 is 11.3 Å². The highest BCUT2D eigenvalue weighted by Crippen LogP contribution is 2.31. The topological polar surface area (TPSA) is 40.5 Å². The minimum atomic E-state index is -4.57. The molecule has 7 heteroatoms. The normalized spacial score (nSPS) is 18.5. The van der Waals surface area contributed by atoms with Crippen LogP contribution in [0, 0.1) is 5.92 Å². The first-order valence-corrected chi connectivity index (χ1v) is 8.31. The number of aryl methyl sites for hydroxylation is 1. The van der Waals surface area contributed by atoms with Gasteiger partial charge >= 0.3 is 6.18 Å². The standard InChI is InChI=1S/C15H20F3NO2S/c16-15(17,18)14(21)11-6-8-19(9-7-11)13(20)5-1-3-12-4-2-10-22-12/h2,4,10-11,14,21H,1,3,5-9H2. The van der Waals surface area contributed by atoms with Crippen molar-refractivity contribution in [2.75, 3.05) is 13.1 Å². The lowest BCUT2D eigenvalue weighted by Crippen LogP contribution is -2.45. The number of carbonyl (C=O) groups excluding carboxylic acids is 1. The second kappa shape index (κ2) is 7.46. The largest absolute Gasteiger partial charge is 0.414 e. The molecule has 1 fully saturated rings. The van der Waals surface area contributed by atoms with Gasteiger partial charge < -0.3 is 10.0 Å². The molecule has 1 aliphatic heterocycles. The van der Waals surface area contributed by atoms with Crippen molar-refractivity contribution in [1.82, 2.24) is 4.90 Å². The number of rotatable bonds is 5. The number of likely N-dealkylation sites (tertiary alicyclic amines) is 1. The maximum Gasteiger partial charge on any atom is 0.414 e. The molecule has 22 heavy (non-hydrogen) atoms. The van der Waals surface area contributed by atoms with Gasteiger partial charge in [-0.1, -0.05) is 6.07 Å². The number of piperidine rings is 1. The SMILES string of the molecule is O=C(CCCc1cccs1)N1CCC(C(O)C(F)(F)F)CC1. The third-order valence-electron chi connectivity index (χ3n) is 4.07. The Bertz CT molecular complexity index is 468. The Morgan fingerprint density at radius 3 is 2.64 bits per heavy atom. The van der Waals surface area contributed by atoms with E-state index < -0.39 is 18.2 Å². The van der Waals surface area contributed by atoms with Crippen LogP contribution in [0.15, 0.2) is 17.5 Å². The first-order valence-electron chi connectivity index (χ1n) is 7.43. The number of hydrogen-bond donors (Lipinski definition) is 1. The first kappa shape index (κ1) is 17.3. The molecule has 0 saturated carbocycles. The lowest BCUT2D eigenvalue weighted by molar-refractivity contribution is -0.222. The van der Waals surface area contributed by atoms with Gasteiger partial charge in [-0.15, -0.1) is 11.3 Å². The summed E-state index contributed by atoms with van der Waals surface area (Å²) in [5, 5.41) is 11.2. The van der Waals surface area contributed by atoms with Gasteiger partial charge in [0, 0.05) is 24.4 Å². The zero-order valence-corrected chi connectivity index (χ0v) is 13.0. The van der Waals surface area contributed by atoms with E-state index >= 15 is 0 Å². The van der Waals surface area contributed by atoms with E-state index in [2.05, 4.69) is 0 Å². The van der Waals surface area contributed by atoms with Gasteiger partial charge in [0.15, 0.2) is 6.10 Å². The number of thiophene rings is 1. The second-order valence-corrected chi connectivity index (χ2v) is 6.67. The fourth-order valence-electron chi connectivity index (χ4n) is 2.76. The number of hydrogen-bond acceptors (Lipinski definition) is 3. The fourth-order valence-corrected chi connectivity index (χ4v) is 3.51. The Balaban J connectivity index is 1.70. The summed E-state index contributed by atoms with van der Waals surface area (Å²) in [5.41, 5.74) is 0. The monoisotopic (exact) mass is 335 g/mol. The Labute approximate surface area is 131 Å². The van der Waals surface area contributed by atoms with Gasteiger partial charge in [0.05, 0.1) is 0 Å². The summed E-state index contributed by atoms with van der Waals surface area (Å²) < 4.78 is 37.4. The number of alkyl halides is 3. The van der Waals surface area contributed by atoms with E-state index in [1.54, 1.807) is 16.2 Å². The number of aliphatic hydroxyl groups excluding tert-OH is 1. The van der Waals surface area contributed by atoms with Crippen molar-refractivity contribution in [2.24, 2.45) is 5.92 Å². The molecule has 2 rings (SSSR count). The molecular weight excluding hydrogens is 315 g/mol. The van der Waals surface area contributed by atoms with Crippen LogP contribution in [0.5, 0.6) is 0 Å². The van der Waals surface area contributed by atoms with E-state index in [0.717, 1.165) is 12.8 Å². The number of aliphatic hydroxyl groups is 1. The zero-order valence-electron chi connectivity index (χ0n) is 12.2. The van der Waals surface area contributed by atoms with E-state index in [4.69, 9.17) is 0 Å². The molecule has 1 aliphatic rings. The molecule has 1 saturated heterocycles. The average molecular weight is 335 g/mol. The summed E-state index contributed by atoms with van der Waals surface area (Å²) in [6.45, 7) is 0.602. The summed E-state index contributed by atoms with van der Waals surface area (Å²) in [5.74, 6) is -0.799. The highest BCUT2D eigenvalue weighted by atomic mass is 32.1. The molecule has 1 amide bonds. The smallest absolute Gasteiger partial charge is 0.383 e. The minimum Gasteiger partial charge on any atom is -0.383 e. The lowest BCUT2D eigenvalue weighted by atomic mass is 9.90. The van der Waals surface area contributed by atoms with Crippen LogP contribution in [0.3, 0.4) is 0 Å². The van der Waals surface area contributed by atoms with Gasteiger partial charge in [-0.25, -0.2) is 0 Å². The first-order chi connectivity index (χ1) is 10.4. The minimum absolute atomic E-state index is 0.00324. The number of halogens is 3. The molecule has 1 aromatic rings. The molecule has 0 aromatic carbocycles. The van der Waals surface area contributed by atoms with Gasteiger partial charge in [0.1, 0.15) is 0 Å². The van der Waals surface area contributed by atoms with E-state index in [0.29, 0.717) is 19.5 Å². The van der Waals surface area contributed by atoms with Crippen molar-refractivity contribution in [1.29, 1.82) is 0 Å². The van der Waals surface area contributed by atoms with E-state index in [1.165, 1.54) is 4.88 Å². The van der Waals surface area contributed by atoms with Gasteiger partial charge in [0.25, 0.3) is 0 Å². The lowest BCUT2D eigenvalue weighted by Gasteiger charge is -2.34. The Hall–Kier alpha value is -1.08. The third-order valence-corrected chi connectivity index (χ3v) is 5.00. The highest BCUT2D eigenvalue weighted by molar-refractivity contribution is 7.09. The molecule has 3 nitrogen and oxygen atoms in total. The summed E-state index contributed by atoms with van der Waals surface area (Å²) >= 11 is 1.66. The molecule has 1 atom stereocenters. The summed E-state index contributed by atoms with van der Waals surface area (Å²) in [6, 6.07) is 4.00. The van der Waals surface area contributed by atoms with Crippen molar-refractivity contribution >= 4 is 17.2 Å². The van der Waals surface area contributed by atoms with Crippen LogP contribution < -0.4 is 0 Å². The Kier molecular flexibility index (Phi) is 5.86. The van der Waals surface area contributed by atoms with Crippen LogP contribution in [-0.4, -0.2) is 41.3 Å². The van der Waals surface area contributed by atoms with Gasteiger partial charge in [0.2, 0.25) is 5.91 Å². The van der Waals surface area contributed by atoms with Crippen molar-refractivity contribution in [3.8, 4) is 0 Å². The molecule has 0 spiro atoms. The van der Waals surface area contributed by atoms with Crippen LogP contribution in [0.4, 0.5) is 13.2 Å². The van der Waals surface area contributed by atoms with Crippen LogP contribution in [0.25, 0.3) is 0 Å². The second-order valence-electron chi connectivity index (χ2n) is 5.64. The predicted octanol–water partition coefficient (Wildman–Crippen LogP) is 3.23. The van der Waals surface area contributed by atoms with Crippen molar-refractivity contribution < 1.29 is 23.1 Å². The van der Waals surface area contributed by atoms with Crippen LogP contribution in [-0.2, 0) is 11.2 Å². The van der Waals surface area contributed by atoms with Gasteiger partial charge in [-0.3, -0.25) is 4.79 Å². The molecule has 1 N–H and O–H groups in total. The number of carbonyl (C=O) groups is 1. The van der Waals surface area contributed by atoms with Crippen LogP contribution in [0.2, 0.25) is 0 Å². The van der Waals surface area contributed by atoms with Crippen molar-refractivity contribution in [2.45, 2.75) is 44.4 Å².